The van der Waals surface area contributed by atoms with Crippen LogP contribution in [0.5, 0.6) is 5.75 Å². The highest BCUT2D eigenvalue weighted by molar-refractivity contribution is 7.08. The Morgan fingerprint density at radius 2 is 2.35 bits per heavy atom. The first-order chi connectivity index (χ1) is 8.27. The number of carbonyl (C=O) groups is 1. The molecule has 0 N–H and O–H groups in total. The molecule has 0 spiro atoms. The first-order valence-electron chi connectivity index (χ1n) is 5.35. The van der Waals surface area contributed by atoms with Crippen LogP contribution in [0.1, 0.15) is 26.5 Å². The molecular formula is C12H10N2O2S. The molecule has 0 saturated heterocycles. The number of fused-ring (bicyclic) bond motifs is 1. The van der Waals surface area contributed by atoms with Crippen LogP contribution in [0.15, 0.2) is 18.2 Å². The van der Waals surface area contributed by atoms with Crippen molar-refractivity contribution in [2.75, 3.05) is 6.61 Å². The zero-order valence-corrected chi connectivity index (χ0v) is 10.1. The fourth-order valence-electron chi connectivity index (χ4n) is 1.96. The summed E-state index contributed by atoms with van der Waals surface area (Å²) in [5.41, 5.74) is 2.40. The minimum Gasteiger partial charge on any atom is -0.492 e. The van der Waals surface area contributed by atoms with Gasteiger partial charge in [-0.2, -0.15) is 0 Å². The van der Waals surface area contributed by atoms with Crippen LogP contribution in [0.4, 0.5) is 0 Å². The molecular weight excluding hydrogens is 236 g/mol. The Bertz CT molecular complexity index is 592. The largest absolute Gasteiger partial charge is 0.492 e. The molecule has 3 rings (SSSR count). The number of benzene rings is 1. The number of hydrogen-bond donors (Lipinski definition) is 0. The first-order valence-corrected chi connectivity index (χ1v) is 6.13. The molecule has 0 radical (unpaired) electrons. The lowest BCUT2D eigenvalue weighted by Crippen LogP contribution is -2.03. The predicted molar refractivity (Wildman–Crippen MR) is 63.7 cm³/mol. The van der Waals surface area contributed by atoms with E-state index in [-0.39, 0.29) is 5.78 Å². The summed E-state index contributed by atoms with van der Waals surface area (Å²) in [6.45, 7) is 2.44. The van der Waals surface area contributed by atoms with Gasteiger partial charge in [-0.25, -0.2) is 0 Å². The number of ketones is 1. The van der Waals surface area contributed by atoms with Crippen LogP contribution in [0.25, 0.3) is 0 Å². The van der Waals surface area contributed by atoms with E-state index < -0.39 is 0 Å². The number of hydrogen-bond acceptors (Lipinski definition) is 5. The van der Waals surface area contributed by atoms with Gasteiger partial charge in [-0.15, -0.1) is 5.10 Å². The number of nitrogens with zero attached hydrogens (tertiary/aromatic N) is 2. The molecule has 1 aromatic carbocycles. The molecule has 0 amide bonds. The zero-order chi connectivity index (χ0) is 11.8. The number of carbonyl (C=O) groups excluding carboxylic acids is 1. The van der Waals surface area contributed by atoms with Gasteiger partial charge in [0.15, 0.2) is 0 Å². The van der Waals surface area contributed by atoms with Crippen LogP contribution in [0.2, 0.25) is 0 Å². The first kappa shape index (κ1) is 10.4. The van der Waals surface area contributed by atoms with Crippen LogP contribution in [-0.2, 0) is 6.42 Å². The third kappa shape index (κ3) is 1.63. The summed E-state index contributed by atoms with van der Waals surface area (Å²) in [5, 5.41) is 3.86. The summed E-state index contributed by atoms with van der Waals surface area (Å²) in [7, 11) is 0. The van der Waals surface area contributed by atoms with Crippen LogP contribution in [-0.4, -0.2) is 22.0 Å². The fraction of sp³-hybridized carbons (Fsp3) is 0.250. The lowest BCUT2D eigenvalue weighted by Gasteiger charge is -2.05. The second-order valence-electron chi connectivity index (χ2n) is 3.91. The minimum atomic E-state index is -0.0451. The normalized spacial score (nSPS) is 13.2. The Labute approximate surface area is 102 Å². The average molecular weight is 246 g/mol. The molecule has 0 aliphatic carbocycles. The molecule has 0 atom stereocenters. The third-order valence-electron chi connectivity index (χ3n) is 2.82. The maximum Gasteiger partial charge on any atom is 0.210 e. The summed E-state index contributed by atoms with van der Waals surface area (Å²) in [6.07, 6.45) is 0.871. The molecule has 1 aliphatic rings. The smallest absolute Gasteiger partial charge is 0.210 e. The van der Waals surface area contributed by atoms with E-state index in [0.717, 1.165) is 29.3 Å². The summed E-state index contributed by atoms with van der Waals surface area (Å²) in [4.78, 5) is 12.9. The lowest BCUT2D eigenvalue weighted by molar-refractivity contribution is 0.103. The van der Waals surface area contributed by atoms with Crippen molar-refractivity contribution in [3.63, 3.8) is 0 Å². The van der Waals surface area contributed by atoms with E-state index in [1.807, 2.05) is 12.1 Å². The Kier molecular flexibility index (Phi) is 2.40. The SMILES string of the molecule is Cc1nnsc1C(=O)c1cccc2c1OCC2. The van der Waals surface area contributed by atoms with E-state index in [0.29, 0.717) is 22.7 Å². The molecule has 1 aromatic heterocycles. The zero-order valence-electron chi connectivity index (χ0n) is 9.27. The van der Waals surface area contributed by atoms with Crippen LogP contribution in [0.3, 0.4) is 0 Å². The van der Waals surface area contributed by atoms with Gasteiger partial charge in [0.05, 0.1) is 17.9 Å². The number of rotatable bonds is 2. The standard InChI is InChI=1S/C12H10N2O2S/c1-7-12(17-14-13-7)10(15)9-4-2-3-8-5-6-16-11(8)9/h2-4H,5-6H2,1H3. The van der Waals surface area contributed by atoms with E-state index in [2.05, 4.69) is 9.59 Å². The van der Waals surface area contributed by atoms with Crippen molar-refractivity contribution < 1.29 is 9.53 Å². The Hall–Kier alpha value is -1.75. The molecule has 2 heterocycles. The summed E-state index contributed by atoms with van der Waals surface area (Å²) in [5.74, 6) is 0.682. The van der Waals surface area contributed by atoms with E-state index in [1.165, 1.54) is 0 Å². The van der Waals surface area contributed by atoms with E-state index in [9.17, 15) is 4.79 Å². The molecule has 4 nitrogen and oxygen atoms in total. The average Bonchev–Trinajstić information content (AvgIpc) is 2.95. The van der Waals surface area contributed by atoms with E-state index >= 15 is 0 Å². The molecule has 0 fully saturated rings. The summed E-state index contributed by atoms with van der Waals surface area (Å²) in [6, 6.07) is 5.69. The number of ether oxygens (including phenoxy) is 1. The Morgan fingerprint density at radius 3 is 3.12 bits per heavy atom. The van der Waals surface area contributed by atoms with Crippen molar-refractivity contribution in [1.29, 1.82) is 0 Å². The maximum atomic E-state index is 12.3. The van der Waals surface area contributed by atoms with Crippen molar-refractivity contribution in [2.24, 2.45) is 0 Å². The van der Waals surface area contributed by atoms with Gasteiger partial charge < -0.3 is 4.74 Å². The molecule has 0 bridgehead atoms. The van der Waals surface area contributed by atoms with Gasteiger partial charge in [-0.3, -0.25) is 4.79 Å². The fourth-order valence-corrected chi connectivity index (χ4v) is 2.57. The Morgan fingerprint density at radius 1 is 1.47 bits per heavy atom. The molecule has 1 aliphatic heterocycles. The topological polar surface area (TPSA) is 52.1 Å². The van der Waals surface area contributed by atoms with Crippen molar-refractivity contribution in [2.45, 2.75) is 13.3 Å². The van der Waals surface area contributed by atoms with Gasteiger partial charge in [0.1, 0.15) is 10.6 Å². The Balaban J connectivity index is 2.09. The number of aryl methyl sites for hydroxylation is 1. The lowest BCUT2D eigenvalue weighted by atomic mass is 10.0. The van der Waals surface area contributed by atoms with Gasteiger partial charge in [-0.1, -0.05) is 16.6 Å². The molecule has 86 valence electrons. The van der Waals surface area contributed by atoms with Crippen LogP contribution >= 0.6 is 11.5 Å². The van der Waals surface area contributed by atoms with E-state index in [1.54, 1.807) is 13.0 Å². The quantitative estimate of drug-likeness (QED) is 0.761. The molecule has 0 saturated carbocycles. The predicted octanol–water partition coefficient (Wildman–Crippen LogP) is 2.01. The van der Waals surface area contributed by atoms with Gasteiger partial charge in [0, 0.05) is 6.42 Å². The van der Waals surface area contributed by atoms with Crippen molar-refractivity contribution in [1.82, 2.24) is 9.59 Å². The van der Waals surface area contributed by atoms with Crippen molar-refractivity contribution >= 4 is 17.3 Å². The summed E-state index contributed by atoms with van der Waals surface area (Å²) >= 11 is 1.13. The number of para-hydroxylation sites is 1. The number of aromatic nitrogens is 2. The minimum absolute atomic E-state index is 0.0451. The third-order valence-corrected chi connectivity index (χ3v) is 3.64. The van der Waals surface area contributed by atoms with Crippen LogP contribution < -0.4 is 4.74 Å². The van der Waals surface area contributed by atoms with Gasteiger partial charge in [0.2, 0.25) is 5.78 Å². The van der Waals surface area contributed by atoms with Gasteiger partial charge in [0.25, 0.3) is 0 Å². The summed E-state index contributed by atoms with van der Waals surface area (Å²) < 4.78 is 9.32. The highest BCUT2D eigenvalue weighted by Gasteiger charge is 2.23. The highest BCUT2D eigenvalue weighted by Crippen LogP contribution is 2.31. The monoisotopic (exact) mass is 246 g/mol. The molecule has 17 heavy (non-hydrogen) atoms. The van der Waals surface area contributed by atoms with Gasteiger partial charge in [-0.05, 0) is 30.1 Å². The highest BCUT2D eigenvalue weighted by atomic mass is 32.1. The molecule has 5 heteroatoms. The van der Waals surface area contributed by atoms with Crippen molar-refractivity contribution in [3.05, 3.63) is 39.9 Å². The maximum absolute atomic E-state index is 12.3. The van der Waals surface area contributed by atoms with Crippen LogP contribution in [0, 0.1) is 6.92 Å². The molecule has 0 unspecified atom stereocenters. The van der Waals surface area contributed by atoms with Crippen molar-refractivity contribution in [3.8, 4) is 5.75 Å². The second kappa shape index (κ2) is 3.92. The second-order valence-corrected chi connectivity index (χ2v) is 4.66. The molecule has 2 aromatic rings. The van der Waals surface area contributed by atoms with Gasteiger partial charge >= 0.3 is 0 Å². The van der Waals surface area contributed by atoms with E-state index in [4.69, 9.17) is 4.74 Å².